The van der Waals surface area contributed by atoms with Crippen molar-refractivity contribution in [1.82, 2.24) is 9.80 Å². The molecular weight excluding hydrogens is 413 g/mol. The zero-order chi connectivity index (χ0) is 22.4. The summed E-state index contributed by atoms with van der Waals surface area (Å²) < 4.78 is 37.6. The van der Waals surface area contributed by atoms with Gasteiger partial charge in [-0.25, -0.2) is 4.79 Å². The molecule has 0 unspecified atom stereocenters. The van der Waals surface area contributed by atoms with Crippen molar-refractivity contribution in [3.63, 3.8) is 0 Å². The Kier molecular flexibility index (Phi) is 7.94. The molecule has 0 radical (unpaired) electrons. The van der Waals surface area contributed by atoms with E-state index in [0.717, 1.165) is 45.9 Å². The molecule has 0 bridgehead atoms. The molecule has 1 amide bonds. The molecule has 0 spiro atoms. The first-order chi connectivity index (χ1) is 14.7. The van der Waals surface area contributed by atoms with E-state index in [-0.39, 0.29) is 0 Å². The van der Waals surface area contributed by atoms with Gasteiger partial charge in [-0.3, -0.25) is 9.69 Å². The van der Waals surface area contributed by atoms with Crippen LogP contribution in [0.4, 0.5) is 13.2 Å². The lowest BCUT2D eigenvalue weighted by molar-refractivity contribution is -0.192. The number of likely N-dealkylation sites (tertiary alicyclic amines) is 2. The number of rotatable bonds is 4. The number of halogens is 3. The molecule has 3 saturated heterocycles. The average Bonchev–Trinajstić information content (AvgIpc) is 3.39. The smallest absolute Gasteiger partial charge is 0.475 e. The summed E-state index contributed by atoms with van der Waals surface area (Å²) in [6.07, 6.45) is -2.06. The molecule has 0 aromatic heterocycles. The highest BCUT2D eigenvalue weighted by Crippen LogP contribution is 2.36. The number of hydrogen-bond acceptors (Lipinski definition) is 4. The number of ether oxygens (including phenoxy) is 1. The summed E-state index contributed by atoms with van der Waals surface area (Å²) in [6, 6.07) is 10.7. The van der Waals surface area contributed by atoms with Gasteiger partial charge in [-0.15, -0.1) is 0 Å². The molecule has 0 aliphatic carbocycles. The van der Waals surface area contributed by atoms with E-state index >= 15 is 0 Å². The maximum absolute atomic E-state index is 12.5. The zero-order valence-electron chi connectivity index (χ0n) is 17.4. The maximum Gasteiger partial charge on any atom is 0.490 e. The number of hydrogen-bond donors (Lipinski definition) is 1. The Morgan fingerprint density at radius 2 is 1.71 bits per heavy atom. The molecule has 3 heterocycles. The molecular formula is C22H29F3N2O4. The molecule has 31 heavy (non-hydrogen) atoms. The van der Waals surface area contributed by atoms with Crippen molar-refractivity contribution in [3.05, 3.63) is 35.9 Å². The fourth-order valence-electron chi connectivity index (χ4n) is 4.69. The molecule has 4 rings (SSSR count). The normalized spacial score (nSPS) is 26.2. The van der Waals surface area contributed by atoms with E-state index in [1.165, 1.54) is 18.4 Å². The molecule has 6 nitrogen and oxygen atoms in total. The predicted molar refractivity (Wildman–Crippen MR) is 107 cm³/mol. The Balaban J connectivity index is 0.000000339. The summed E-state index contributed by atoms with van der Waals surface area (Å²) in [4.78, 5) is 26.0. The third-order valence-electron chi connectivity index (χ3n) is 6.22. The Hall–Kier alpha value is -2.13. The fraction of sp³-hybridized carbons (Fsp3) is 0.636. The minimum Gasteiger partial charge on any atom is -0.475 e. The SMILES string of the molecule is O=C(C[C@@H]1COC[C@H]2CN(Cc3ccccc3)C[C@@H]12)N1CCCC1.O=C(O)C(F)(F)F. The molecule has 1 aromatic carbocycles. The van der Waals surface area contributed by atoms with Crippen LogP contribution in [-0.2, 0) is 20.9 Å². The van der Waals surface area contributed by atoms with Gasteiger partial charge in [-0.2, -0.15) is 13.2 Å². The largest absolute Gasteiger partial charge is 0.490 e. The first-order valence-corrected chi connectivity index (χ1v) is 10.7. The summed E-state index contributed by atoms with van der Waals surface area (Å²) in [5.74, 6) is -0.791. The Morgan fingerprint density at radius 1 is 1.06 bits per heavy atom. The Labute approximate surface area is 180 Å². The van der Waals surface area contributed by atoms with Gasteiger partial charge in [0.1, 0.15) is 0 Å². The molecule has 3 aliphatic rings. The minimum absolute atomic E-state index is 0.350. The van der Waals surface area contributed by atoms with Gasteiger partial charge in [-0.05, 0) is 36.2 Å². The van der Waals surface area contributed by atoms with E-state index in [2.05, 4.69) is 40.1 Å². The van der Waals surface area contributed by atoms with Crippen LogP contribution in [0.3, 0.4) is 0 Å². The van der Waals surface area contributed by atoms with Crippen molar-refractivity contribution < 1.29 is 32.6 Å². The molecule has 3 atom stereocenters. The second kappa shape index (κ2) is 10.5. The number of fused-ring (bicyclic) bond motifs is 1. The van der Waals surface area contributed by atoms with Crippen LogP contribution in [0.15, 0.2) is 30.3 Å². The van der Waals surface area contributed by atoms with Gasteiger partial charge < -0.3 is 14.7 Å². The van der Waals surface area contributed by atoms with Crippen LogP contribution in [0.2, 0.25) is 0 Å². The summed E-state index contributed by atoms with van der Waals surface area (Å²) in [5.41, 5.74) is 1.38. The highest BCUT2D eigenvalue weighted by molar-refractivity contribution is 5.76. The van der Waals surface area contributed by atoms with Gasteiger partial charge in [0, 0.05) is 39.1 Å². The minimum atomic E-state index is -5.08. The zero-order valence-corrected chi connectivity index (χ0v) is 17.4. The van der Waals surface area contributed by atoms with Crippen molar-refractivity contribution in [2.24, 2.45) is 17.8 Å². The number of nitrogens with zero attached hydrogens (tertiary/aromatic N) is 2. The molecule has 172 valence electrons. The van der Waals surface area contributed by atoms with Gasteiger partial charge in [0.2, 0.25) is 5.91 Å². The van der Waals surface area contributed by atoms with E-state index in [0.29, 0.717) is 30.1 Å². The van der Waals surface area contributed by atoms with Gasteiger partial charge >= 0.3 is 12.1 Å². The lowest BCUT2D eigenvalue weighted by Crippen LogP contribution is -2.39. The Bertz CT molecular complexity index is 738. The first kappa shape index (κ1) is 23.5. The molecule has 9 heteroatoms. The molecule has 3 fully saturated rings. The fourth-order valence-corrected chi connectivity index (χ4v) is 4.69. The van der Waals surface area contributed by atoms with Gasteiger partial charge in [-0.1, -0.05) is 30.3 Å². The lowest BCUT2D eigenvalue weighted by atomic mass is 9.81. The van der Waals surface area contributed by atoms with Gasteiger partial charge in [0.15, 0.2) is 0 Å². The summed E-state index contributed by atoms with van der Waals surface area (Å²) >= 11 is 0. The number of benzene rings is 1. The van der Waals surface area contributed by atoms with Crippen molar-refractivity contribution in [2.45, 2.75) is 32.0 Å². The topological polar surface area (TPSA) is 70.1 Å². The number of carbonyl (C=O) groups is 2. The number of carboxylic acids is 1. The van der Waals surface area contributed by atoms with E-state index in [9.17, 15) is 18.0 Å². The van der Waals surface area contributed by atoms with Crippen LogP contribution < -0.4 is 0 Å². The highest BCUT2D eigenvalue weighted by Gasteiger charge is 2.42. The summed E-state index contributed by atoms with van der Waals surface area (Å²) in [6.45, 7) is 6.78. The van der Waals surface area contributed by atoms with Crippen LogP contribution in [0, 0.1) is 17.8 Å². The van der Waals surface area contributed by atoms with Crippen LogP contribution in [0.1, 0.15) is 24.8 Å². The number of aliphatic carboxylic acids is 1. The van der Waals surface area contributed by atoms with Crippen molar-refractivity contribution in [1.29, 1.82) is 0 Å². The second-order valence-electron chi connectivity index (χ2n) is 8.50. The predicted octanol–water partition coefficient (Wildman–Crippen LogP) is 3.03. The quantitative estimate of drug-likeness (QED) is 0.776. The van der Waals surface area contributed by atoms with Crippen LogP contribution in [-0.4, -0.2) is 72.4 Å². The number of alkyl halides is 3. The third kappa shape index (κ3) is 6.67. The van der Waals surface area contributed by atoms with E-state index in [4.69, 9.17) is 14.6 Å². The standard InChI is InChI=1S/C20H28N2O2.C2HF3O2/c23-20(22-8-4-5-9-22)10-17-14-24-15-18-12-21(13-19(17)18)11-16-6-2-1-3-7-16;3-2(4,5)1(6)7/h1-3,6-7,17-19H,4-5,8-15H2;(H,6,7)/t17-,18-,19+;/m1./s1. The van der Waals surface area contributed by atoms with E-state index in [1.807, 2.05) is 0 Å². The summed E-state index contributed by atoms with van der Waals surface area (Å²) in [5, 5.41) is 7.12. The number of carboxylic acid groups (broad SMARTS) is 1. The average molecular weight is 442 g/mol. The lowest BCUT2D eigenvalue weighted by Gasteiger charge is -2.33. The van der Waals surface area contributed by atoms with E-state index < -0.39 is 12.1 Å². The van der Waals surface area contributed by atoms with Gasteiger partial charge in [0.25, 0.3) is 0 Å². The van der Waals surface area contributed by atoms with Crippen LogP contribution in [0.25, 0.3) is 0 Å². The molecule has 0 saturated carbocycles. The highest BCUT2D eigenvalue weighted by atomic mass is 19.4. The Morgan fingerprint density at radius 3 is 2.32 bits per heavy atom. The first-order valence-electron chi connectivity index (χ1n) is 10.7. The monoisotopic (exact) mass is 442 g/mol. The number of amides is 1. The van der Waals surface area contributed by atoms with Crippen LogP contribution >= 0.6 is 0 Å². The molecule has 1 N–H and O–H groups in total. The third-order valence-corrected chi connectivity index (χ3v) is 6.22. The maximum atomic E-state index is 12.5. The van der Waals surface area contributed by atoms with Crippen molar-refractivity contribution in [3.8, 4) is 0 Å². The van der Waals surface area contributed by atoms with Crippen LogP contribution in [0.5, 0.6) is 0 Å². The van der Waals surface area contributed by atoms with Crippen molar-refractivity contribution in [2.75, 3.05) is 39.4 Å². The second-order valence-corrected chi connectivity index (χ2v) is 8.50. The van der Waals surface area contributed by atoms with E-state index in [1.54, 1.807) is 0 Å². The van der Waals surface area contributed by atoms with Gasteiger partial charge in [0.05, 0.1) is 13.2 Å². The number of carbonyl (C=O) groups excluding carboxylic acids is 1. The van der Waals surface area contributed by atoms with Crippen molar-refractivity contribution >= 4 is 11.9 Å². The molecule has 1 aromatic rings. The molecule has 3 aliphatic heterocycles. The summed E-state index contributed by atoms with van der Waals surface area (Å²) in [7, 11) is 0.